The highest BCUT2D eigenvalue weighted by Crippen LogP contribution is 2.24. The van der Waals surface area contributed by atoms with Crippen molar-refractivity contribution >= 4 is 38.5 Å². The smallest absolute Gasteiger partial charge is 0.338 e. The molecular weight excluding hydrogens is 336 g/mol. The minimum atomic E-state index is -0.998. The lowest BCUT2D eigenvalue weighted by atomic mass is 10.2. The molecule has 0 unspecified atom stereocenters. The molecule has 0 atom stereocenters. The Labute approximate surface area is 128 Å². The van der Waals surface area contributed by atoms with Crippen LogP contribution in [0.1, 0.15) is 16.1 Å². The first-order valence-electron chi connectivity index (χ1n) is 6.22. The number of fused-ring (bicyclic) bond motifs is 1. The van der Waals surface area contributed by atoms with E-state index in [2.05, 4.69) is 26.2 Å². The van der Waals surface area contributed by atoms with E-state index in [9.17, 15) is 4.79 Å². The molecule has 21 heavy (non-hydrogen) atoms. The van der Waals surface area contributed by atoms with Crippen LogP contribution in [0.25, 0.3) is 10.9 Å². The first-order chi connectivity index (χ1) is 10.1. The van der Waals surface area contributed by atoms with Crippen molar-refractivity contribution in [2.24, 2.45) is 0 Å². The molecule has 2 aromatic heterocycles. The van der Waals surface area contributed by atoms with E-state index in [4.69, 9.17) is 9.52 Å². The second kappa shape index (κ2) is 5.57. The maximum Gasteiger partial charge on any atom is 0.338 e. The number of hydrogen-bond acceptors (Lipinski definition) is 4. The number of para-hydroxylation sites is 1. The molecule has 5 nitrogen and oxygen atoms in total. The summed E-state index contributed by atoms with van der Waals surface area (Å²) in [5.41, 5.74) is 1.87. The van der Waals surface area contributed by atoms with Crippen molar-refractivity contribution in [3.63, 3.8) is 0 Å². The zero-order valence-electron chi connectivity index (χ0n) is 10.8. The van der Waals surface area contributed by atoms with Gasteiger partial charge in [-0.2, -0.15) is 0 Å². The minimum absolute atomic E-state index is 0.145. The van der Waals surface area contributed by atoms with Gasteiger partial charge in [-0.15, -0.1) is 0 Å². The van der Waals surface area contributed by atoms with Crippen LogP contribution in [0.4, 0.5) is 5.69 Å². The summed E-state index contributed by atoms with van der Waals surface area (Å²) in [6, 6.07) is 9.33. The number of aromatic carboxylic acids is 1. The molecule has 106 valence electrons. The average Bonchev–Trinajstić information content (AvgIpc) is 2.93. The Bertz CT molecular complexity index is 814. The molecule has 0 spiro atoms. The minimum Gasteiger partial charge on any atom is -0.478 e. The summed E-state index contributed by atoms with van der Waals surface area (Å²) in [5.74, 6) is -0.441. The van der Waals surface area contributed by atoms with E-state index in [-0.39, 0.29) is 5.56 Å². The average molecular weight is 347 g/mol. The number of carbonyl (C=O) groups is 1. The van der Waals surface area contributed by atoms with Crippen molar-refractivity contribution in [1.29, 1.82) is 0 Å². The standard InChI is InChI=1S/C15H11BrN2O3/c16-11-4-9-2-1-3-13(14(9)18-6-11)17-7-12-5-10(8-21-12)15(19)20/h1-6,8,17H,7H2,(H,19,20). The number of halogens is 1. The fourth-order valence-corrected chi connectivity index (χ4v) is 2.39. The maximum absolute atomic E-state index is 10.8. The van der Waals surface area contributed by atoms with Crippen molar-refractivity contribution in [2.75, 3.05) is 5.32 Å². The quantitative estimate of drug-likeness (QED) is 0.749. The van der Waals surface area contributed by atoms with Gasteiger partial charge in [0.05, 0.1) is 23.3 Å². The summed E-state index contributed by atoms with van der Waals surface area (Å²) >= 11 is 3.40. The Morgan fingerprint density at radius 1 is 1.38 bits per heavy atom. The van der Waals surface area contributed by atoms with E-state index >= 15 is 0 Å². The Morgan fingerprint density at radius 3 is 3.00 bits per heavy atom. The van der Waals surface area contributed by atoms with Crippen LogP contribution in [-0.4, -0.2) is 16.1 Å². The van der Waals surface area contributed by atoms with Crippen molar-refractivity contribution in [1.82, 2.24) is 4.98 Å². The molecule has 0 bridgehead atoms. The fourth-order valence-electron chi connectivity index (χ4n) is 2.04. The van der Waals surface area contributed by atoms with Crippen LogP contribution in [0.3, 0.4) is 0 Å². The van der Waals surface area contributed by atoms with E-state index < -0.39 is 5.97 Å². The van der Waals surface area contributed by atoms with Crippen LogP contribution in [0, 0.1) is 0 Å². The van der Waals surface area contributed by atoms with Gasteiger partial charge in [0, 0.05) is 16.1 Å². The zero-order chi connectivity index (χ0) is 14.8. The predicted molar refractivity (Wildman–Crippen MR) is 82.4 cm³/mol. The molecule has 0 saturated carbocycles. The van der Waals surface area contributed by atoms with Gasteiger partial charge < -0.3 is 14.8 Å². The Morgan fingerprint density at radius 2 is 2.24 bits per heavy atom. The first kappa shape index (κ1) is 13.6. The van der Waals surface area contributed by atoms with Gasteiger partial charge in [0.25, 0.3) is 0 Å². The Balaban J connectivity index is 1.83. The Hall–Kier alpha value is -2.34. The molecule has 0 aliphatic carbocycles. The highest BCUT2D eigenvalue weighted by atomic mass is 79.9. The molecule has 0 amide bonds. The Kier molecular flexibility index (Phi) is 3.62. The third-order valence-electron chi connectivity index (χ3n) is 3.03. The van der Waals surface area contributed by atoms with Crippen LogP contribution >= 0.6 is 15.9 Å². The summed E-state index contributed by atoms with van der Waals surface area (Å²) in [7, 11) is 0. The molecule has 1 aromatic carbocycles. The van der Waals surface area contributed by atoms with E-state index in [1.807, 2.05) is 24.3 Å². The molecule has 0 saturated heterocycles. The van der Waals surface area contributed by atoms with Gasteiger partial charge in [0.2, 0.25) is 0 Å². The molecule has 2 heterocycles. The van der Waals surface area contributed by atoms with Crippen LogP contribution in [0.15, 0.2) is 51.7 Å². The molecule has 2 N–H and O–H groups in total. The third-order valence-corrected chi connectivity index (χ3v) is 3.47. The molecule has 6 heteroatoms. The van der Waals surface area contributed by atoms with Crippen LogP contribution in [-0.2, 0) is 6.54 Å². The second-order valence-electron chi connectivity index (χ2n) is 4.49. The number of carboxylic acids is 1. The molecule has 0 radical (unpaired) electrons. The van der Waals surface area contributed by atoms with Crippen LogP contribution < -0.4 is 5.32 Å². The van der Waals surface area contributed by atoms with E-state index in [0.29, 0.717) is 12.3 Å². The molecule has 3 rings (SSSR count). The van der Waals surface area contributed by atoms with E-state index in [0.717, 1.165) is 21.1 Å². The molecule has 0 aliphatic heterocycles. The lowest BCUT2D eigenvalue weighted by molar-refractivity contribution is 0.0696. The van der Waals surface area contributed by atoms with Crippen molar-refractivity contribution in [3.05, 3.63) is 58.6 Å². The largest absolute Gasteiger partial charge is 0.478 e. The third kappa shape index (κ3) is 2.90. The first-order valence-corrected chi connectivity index (χ1v) is 7.01. The van der Waals surface area contributed by atoms with Gasteiger partial charge in [0.15, 0.2) is 0 Å². The van der Waals surface area contributed by atoms with Gasteiger partial charge in [0.1, 0.15) is 12.0 Å². The van der Waals surface area contributed by atoms with Crippen LogP contribution in [0.5, 0.6) is 0 Å². The number of benzene rings is 1. The van der Waals surface area contributed by atoms with Crippen molar-refractivity contribution in [3.8, 4) is 0 Å². The van der Waals surface area contributed by atoms with E-state index in [1.165, 1.54) is 12.3 Å². The highest BCUT2D eigenvalue weighted by molar-refractivity contribution is 9.10. The zero-order valence-corrected chi connectivity index (χ0v) is 12.4. The number of pyridine rings is 1. The molecular formula is C15H11BrN2O3. The fraction of sp³-hybridized carbons (Fsp3) is 0.0667. The summed E-state index contributed by atoms with van der Waals surface area (Å²) in [5, 5.41) is 13.1. The second-order valence-corrected chi connectivity index (χ2v) is 5.41. The number of aromatic nitrogens is 1. The number of anilines is 1. The summed E-state index contributed by atoms with van der Waals surface area (Å²) in [6.07, 6.45) is 2.97. The lowest BCUT2D eigenvalue weighted by Gasteiger charge is -2.07. The number of nitrogens with one attached hydrogen (secondary N) is 1. The van der Waals surface area contributed by atoms with Gasteiger partial charge >= 0.3 is 5.97 Å². The summed E-state index contributed by atoms with van der Waals surface area (Å²) in [4.78, 5) is 15.2. The van der Waals surface area contributed by atoms with Gasteiger partial charge in [-0.25, -0.2) is 4.79 Å². The number of hydrogen-bond donors (Lipinski definition) is 2. The van der Waals surface area contributed by atoms with Gasteiger partial charge in [-0.3, -0.25) is 4.98 Å². The molecule has 0 aliphatic rings. The number of furan rings is 1. The van der Waals surface area contributed by atoms with Crippen molar-refractivity contribution < 1.29 is 14.3 Å². The van der Waals surface area contributed by atoms with Crippen LogP contribution in [0.2, 0.25) is 0 Å². The predicted octanol–water partition coefficient (Wildman–Crippen LogP) is 3.90. The van der Waals surface area contributed by atoms with Crippen molar-refractivity contribution in [2.45, 2.75) is 6.54 Å². The molecule has 0 fully saturated rings. The maximum atomic E-state index is 10.8. The lowest BCUT2D eigenvalue weighted by Crippen LogP contribution is -2.00. The highest BCUT2D eigenvalue weighted by Gasteiger charge is 2.09. The van der Waals surface area contributed by atoms with Gasteiger partial charge in [-0.05, 0) is 34.1 Å². The van der Waals surface area contributed by atoms with E-state index in [1.54, 1.807) is 6.20 Å². The SMILES string of the molecule is O=C(O)c1coc(CNc2cccc3cc(Br)cnc23)c1. The summed E-state index contributed by atoms with van der Waals surface area (Å²) < 4.78 is 6.13. The topological polar surface area (TPSA) is 75.4 Å². The van der Waals surface area contributed by atoms with Gasteiger partial charge in [-0.1, -0.05) is 12.1 Å². The summed E-state index contributed by atoms with van der Waals surface area (Å²) in [6.45, 7) is 0.393. The number of carboxylic acid groups (broad SMARTS) is 1. The molecule has 3 aromatic rings. The number of nitrogens with zero attached hydrogens (tertiary/aromatic N) is 1. The normalized spacial score (nSPS) is 10.7. The number of rotatable bonds is 4. The monoisotopic (exact) mass is 346 g/mol.